The normalized spacial score (nSPS) is 18.5. The second kappa shape index (κ2) is 8.93. The molecular weight excluding hydrogens is 467 g/mol. The Morgan fingerprint density at radius 1 is 1.33 bits per heavy atom. The number of nitrogens with two attached hydrogens (primary N) is 1. The Kier molecular flexibility index (Phi) is 6.19. The average Bonchev–Trinajstić information content (AvgIpc) is 3.36. The molecule has 3 aromatic rings. The molecule has 1 saturated carbocycles. The van der Waals surface area contributed by atoms with Crippen LogP contribution in [0.3, 0.4) is 0 Å². The third-order valence-electron chi connectivity index (χ3n) is 5.28. The van der Waals surface area contributed by atoms with Crippen molar-refractivity contribution in [2.75, 3.05) is 24.8 Å². The Labute approximate surface area is 190 Å². The summed E-state index contributed by atoms with van der Waals surface area (Å²) in [5.74, 6) is -1.36. The first-order chi connectivity index (χ1) is 15.6. The van der Waals surface area contributed by atoms with Crippen molar-refractivity contribution in [1.29, 1.82) is 0 Å². The zero-order valence-corrected chi connectivity index (χ0v) is 18.0. The van der Waals surface area contributed by atoms with E-state index in [9.17, 15) is 18.0 Å². The molecule has 33 heavy (non-hydrogen) atoms. The number of anilines is 2. The standard InChI is InChI=1S/C20H19ClF3N5O4/c1-31-14-6-10-5-12(33-13(10)7-26-14)15-16(21)28-19(25)29-17(15)27-11-3-2-9(4-11)8-32-18(30)20(22,23)24/h5-7,9,11H,2-4,8H2,1H3,(H3,25,27,28,29). The van der Waals surface area contributed by atoms with E-state index in [0.29, 0.717) is 47.9 Å². The van der Waals surface area contributed by atoms with Gasteiger partial charge in [-0.2, -0.15) is 18.2 Å². The number of ether oxygens (including phenoxy) is 2. The summed E-state index contributed by atoms with van der Waals surface area (Å²) in [7, 11) is 1.50. The second-order valence-corrected chi connectivity index (χ2v) is 7.95. The van der Waals surface area contributed by atoms with Crippen LogP contribution >= 0.6 is 11.6 Å². The molecule has 1 aliphatic rings. The van der Waals surface area contributed by atoms with Crippen LogP contribution in [0.5, 0.6) is 5.88 Å². The summed E-state index contributed by atoms with van der Waals surface area (Å²) < 4.78 is 52.4. The van der Waals surface area contributed by atoms with Gasteiger partial charge in [0.1, 0.15) is 16.7 Å². The van der Waals surface area contributed by atoms with E-state index in [1.807, 2.05) is 0 Å². The highest BCUT2D eigenvalue weighted by Crippen LogP contribution is 2.39. The minimum absolute atomic E-state index is 0.0562. The fraction of sp³-hybridized carbons (Fsp3) is 0.400. The molecular formula is C20H19ClF3N5O4. The van der Waals surface area contributed by atoms with Gasteiger partial charge in [0.05, 0.1) is 25.5 Å². The molecule has 4 rings (SSSR count). The average molecular weight is 486 g/mol. The first kappa shape index (κ1) is 22.9. The number of halogens is 4. The summed E-state index contributed by atoms with van der Waals surface area (Å²) in [6.07, 6.45) is -1.83. The number of carbonyl (C=O) groups is 1. The molecule has 2 unspecified atom stereocenters. The number of methoxy groups -OCH3 is 1. The number of nitrogen functional groups attached to an aromatic ring is 1. The molecule has 0 saturated heterocycles. The molecule has 1 fully saturated rings. The van der Waals surface area contributed by atoms with Crippen LogP contribution in [0.1, 0.15) is 19.3 Å². The topological polar surface area (TPSA) is 125 Å². The number of rotatable bonds is 6. The predicted octanol–water partition coefficient (Wildman–Crippen LogP) is 4.22. The Morgan fingerprint density at radius 3 is 2.85 bits per heavy atom. The van der Waals surface area contributed by atoms with Gasteiger partial charge in [0, 0.05) is 17.5 Å². The molecule has 2 atom stereocenters. The van der Waals surface area contributed by atoms with E-state index in [-0.39, 0.29) is 29.7 Å². The van der Waals surface area contributed by atoms with E-state index in [4.69, 9.17) is 26.5 Å². The molecule has 0 aliphatic heterocycles. The summed E-state index contributed by atoms with van der Waals surface area (Å²) in [5, 5.41) is 4.02. The van der Waals surface area contributed by atoms with Crippen molar-refractivity contribution in [3.8, 4) is 17.2 Å². The van der Waals surface area contributed by atoms with Crippen LogP contribution in [0, 0.1) is 5.92 Å². The molecule has 13 heteroatoms. The number of alkyl halides is 3. The lowest BCUT2D eigenvalue weighted by Crippen LogP contribution is -2.27. The van der Waals surface area contributed by atoms with E-state index in [1.54, 1.807) is 12.1 Å². The fourth-order valence-corrected chi connectivity index (χ4v) is 4.03. The van der Waals surface area contributed by atoms with Crippen molar-refractivity contribution >= 4 is 40.3 Å². The molecule has 3 heterocycles. The van der Waals surface area contributed by atoms with Crippen molar-refractivity contribution in [2.45, 2.75) is 31.5 Å². The van der Waals surface area contributed by atoms with Crippen molar-refractivity contribution in [3.63, 3.8) is 0 Å². The number of nitrogens with one attached hydrogen (secondary N) is 1. The summed E-state index contributed by atoms with van der Waals surface area (Å²) in [5.41, 5.74) is 6.65. The Bertz CT molecular complexity index is 1190. The number of hydrogen-bond acceptors (Lipinski definition) is 9. The van der Waals surface area contributed by atoms with Crippen molar-refractivity contribution in [2.24, 2.45) is 5.92 Å². The van der Waals surface area contributed by atoms with Gasteiger partial charge in [0.25, 0.3) is 0 Å². The van der Waals surface area contributed by atoms with Gasteiger partial charge in [-0.25, -0.2) is 14.8 Å². The highest BCUT2D eigenvalue weighted by molar-refractivity contribution is 6.32. The third-order valence-corrected chi connectivity index (χ3v) is 5.55. The minimum Gasteiger partial charge on any atom is -0.481 e. The maximum Gasteiger partial charge on any atom is 0.490 e. The monoisotopic (exact) mass is 485 g/mol. The van der Waals surface area contributed by atoms with Crippen LogP contribution in [-0.2, 0) is 9.53 Å². The Balaban J connectivity index is 1.53. The van der Waals surface area contributed by atoms with E-state index in [1.165, 1.54) is 13.3 Å². The smallest absolute Gasteiger partial charge is 0.481 e. The van der Waals surface area contributed by atoms with Crippen molar-refractivity contribution in [1.82, 2.24) is 15.0 Å². The Hall–Kier alpha value is -3.28. The molecule has 0 spiro atoms. The summed E-state index contributed by atoms with van der Waals surface area (Å²) in [4.78, 5) is 23.3. The molecule has 1 aliphatic carbocycles. The summed E-state index contributed by atoms with van der Waals surface area (Å²) in [6.45, 7) is -0.311. The number of furan rings is 1. The highest BCUT2D eigenvalue weighted by Gasteiger charge is 2.41. The van der Waals surface area contributed by atoms with Crippen LogP contribution < -0.4 is 15.8 Å². The van der Waals surface area contributed by atoms with E-state index in [0.717, 1.165) is 5.39 Å². The SMILES string of the molecule is COc1cc2cc(-c3c(Cl)nc(N)nc3NC3CCC(COC(=O)C(F)(F)F)C3)oc2cn1. The molecule has 9 nitrogen and oxygen atoms in total. The van der Waals surface area contributed by atoms with Crippen molar-refractivity contribution < 1.29 is 31.9 Å². The maximum absolute atomic E-state index is 12.3. The number of hydrogen-bond donors (Lipinski definition) is 2. The Morgan fingerprint density at radius 2 is 2.12 bits per heavy atom. The molecule has 176 valence electrons. The van der Waals surface area contributed by atoms with Gasteiger partial charge in [0.15, 0.2) is 5.58 Å². The van der Waals surface area contributed by atoms with Crippen molar-refractivity contribution in [3.05, 3.63) is 23.5 Å². The third kappa shape index (κ3) is 5.05. The zero-order valence-electron chi connectivity index (χ0n) is 17.3. The summed E-state index contributed by atoms with van der Waals surface area (Å²) >= 11 is 6.36. The van der Waals surface area contributed by atoms with Gasteiger partial charge < -0.3 is 24.9 Å². The predicted molar refractivity (Wildman–Crippen MR) is 113 cm³/mol. The van der Waals surface area contributed by atoms with Gasteiger partial charge in [-0.3, -0.25) is 0 Å². The number of carbonyl (C=O) groups excluding carboxylic acids is 1. The van der Waals surface area contributed by atoms with Gasteiger partial charge in [0.2, 0.25) is 11.8 Å². The van der Waals surface area contributed by atoms with Crippen LogP contribution in [0.4, 0.5) is 24.9 Å². The fourth-order valence-electron chi connectivity index (χ4n) is 3.76. The first-order valence-electron chi connectivity index (χ1n) is 9.91. The molecule has 0 aromatic carbocycles. The number of aromatic nitrogens is 3. The van der Waals surface area contributed by atoms with Gasteiger partial charge in [-0.1, -0.05) is 11.6 Å². The van der Waals surface area contributed by atoms with Gasteiger partial charge in [-0.15, -0.1) is 0 Å². The lowest BCUT2D eigenvalue weighted by atomic mass is 10.1. The minimum atomic E-state index is -5.01. The number of fused-ring (bicyclic) bond motifs is 1. The van der Waals surface area contributed by atoms with Crippen LogP contribution in [-0.4, -0.2) is 46.9 Å². The highest BCUT2D eigenvalue weighted by atomic mass is 35.5. The van der Waals surface area contributed by atoms with Crippen LogP contribution in [0.25, 0.3) is 22.3 Å². The molecule has 3 N–H and O–H groups in total. The number of nitrogens with zero attached hydrogens (tertiary/aromatic N) is 3. The van der Waals surface area contributed by atoms with Gasteiger partial charge >= 0.3 is 12.1 Å². The van der Waals surface area contributed by atoms with E-state index in [2.05, 4.69) is 25.0 Å². The molecule has 0 radical (unpaired) electrons. The number of esters is 1. The quantitative estimate of drug-likeness (QED) is 0.390. The first-order valence-corrected chi connectivity index (χ1v) is 10.3. The number of pyridine rings is 1. The maximum atomic E-state index is 12.3. The van der Waals surface area contributed by atoms with Crippen LogP contribution in [0.2, 0.25) is 5.15 Å². The molecule has 0 bridgehead atoms. The van der Waals surface area contributed by atoms with E-state index >= 15 is 0 Å². The molecule has 0 amide bonds. The van der Waals surface area contributed by atoms with E-state index < -0.39 is 12.1 Å². The van der Waals surface area contributed by atoms with Gasteiger partial charge in [-0.05, 0) is 31.2 Å². The summed E-state index contributed by atoms with van der Waals surface area (Å²) in [6, 6.07) is 3.28. The lowest BCUT2D eigenvalue weighted by Gasteiger charge is -2.17. The second-order valence-electron chi connectivity index (χ2n) is 7.59. The van der Waals surface area contributed by atoms with Crippen LogP contribution in [0.15, 0.2) is 22.7 Å². The molecule has 3 aromatic heterocycles. The zero-order chi connectivity index (χ0) is 23.8. The lowest BCUT2D eigenvalue weighted by molar-refractivity contribution is -0.200. The largest absolute Gasteiger partial charge is 0.490 e.